The van der Waals surface area contributed by atoms with Gasteiger partial charge in [-0.3, -0.25) is 9.69 Å². The largest absolute Gasteiger partial charge is 0.303 e. The third-order valence-corrected chi connectivity index (χ3v) is 5.17. The number of anilines is 1. The van der Waals surface area contributed by atoms with Crippen molar-refractivity contribution in [1.29, 1.82) is 0 Å². The van der Waals surface area contributed by atoms with Gasteiger partial charge < -0.3 is 5.32 Å². The Labute approximate surface area is 140 Å². The van der Waals surface area contributed by atoms with Crippen molar-refractivity contribution in [2.75, 3.05) is 18.4 Å². The summed E-state index contributed by atoms with van der Waals surface area (Å²) in [4.78, 5) is 18.3. The number of carbonyl (C=O) groups excluding carboxylic acids is 1. The number of hydrogen-bond donors (Lipinski definition) is 1. The molecule has 23 heavy (non-hydrogen) atoms. The maximum atomic E-state index is 12.3. The minimum Gasteiger partial charge on any atom is -0.303 e. The number of nitrogens with one attached hydrogen (secondary N) is 1. The average Bonchev–Trinajstić information content (AvgIpc) is 3.18. The fourth-order valence-corrected chi connectivity index (χ4v) is 4.14. The molecule has 1 aliphatic rings. The maximum absolute atomic E-state index is 12.3. The van der Waals surface area contributed by atoms with E-state index in [-0.39, 0.29) is 5.91 Å². The number of carbonyl (C=O) groups is 1. The van der Waals surface area contributed by atoms with Gasteiger partial charge in [-0.05, 0) is 37.4 Å². The molecule has 3 rings (SSSR count). The van der Waals surface area contributed by atoms with Gasteiger partial charge >= 0.3 is 0 Å². The highest BCUT2D eigenvalue weighted by Crippen LogP contribution is 2.36. The van der Waals surface area contributed by atoms with E-state index in [1.165, 1.54) is 22.5 Å². The highest BCUT2D eigenvalue weighted by Gasteiger charge is 2.28. The Morgan fingerprint density at radius 2 is 2.30 bits per heavy atom. The van der Waals surface area contributed by atoms with Crippen LogP contribution in [-0.2, 0) is 7.05 Å². The van der Waals surface area contributed by atoms with Gasteiger partial charge in [-0.25, -0.2) is 0 Å². The minimum atomic E-state index is -0.116. The molecule has 0 aliphatic carbocycles. The van der Waals surface area contributed by atoms with Crippen molar-refractivity contribution >= 4 is 23.1 Å². The molecule has 1 saturated heterocycles. The van der Waals surface area contributed by atoms with Crippen molar-refractivity contribution < 1.29 is 4.79 Å². The number of aromatic nitrogens is 3. The van der Waals surface area contributed by atoms with Gasteiger partial charge in [0.25, 0.3) is 5.91 Å². The molecule has 0 aromatic carbocycles. The smallest absolute Gasteiger partial charge is 0.266 e. The number of rotatable bonds is 5. The van der Waals surface area contributed by atoms with Crippen molar-refractivity contribution in [3.63, 3.8) is 0 Å². The quantitative estimate of drug-likeness (QED) is 0.914. The Kier molecular flexibility index (Phi) is 4.77. The summed E-state index contributed by atoms with van der Waals surface area (Å²) in [7, 11) is 1.72. The zero-order chi connectivity index (χ0) is 16.4. The van der Waals surface area contributed by atoms with E-state index in [0.717, 1.165) is 18.0 Å². The Morgan fingerprint density at radius 1 is 1.48 bits per heavy atom. The number of aryl methyl sites for hydroxylation is 1. The molecule has 0 saturated carbocycles. The standard InChI is InChI=1S/C16H23N5OS/c1-11(2)10-21-8-4-5-12(21)13-6-7-14(23-13)16(22)18-15-9-17-20(3)19-15/h6-7,9,11-12H,4-5,8,10H2,1-3H3,(H,18,19,22)/t12-/m1/s1. The van der Waals surface area contributed by atoms with Crippen LogP contribution in [0.5, 0.6) is 0 Å². The molecule has 0 bridgehead atoms. The highest BCUT2D eigenvalue weighted by atomic mass is 32.1. The van der Waals surface area contributed by atoms with Crippen LogP contribution in [0.4, 0.5) is 5.82 Å². The van der Waals surface area contributed by atoms with Gasteiger partial charge in [0.15, 0.2) is 5.82 Å². The second kappa shape index (κ2) is 6.80. The van der Waals surface area contributed by atoms with Crippen molar-refractivity contribution in [2.24, 2.45) is 13.0 Å². The molecule has 2 aromatic rings. The van der Waals surface area contributed by atoms with E-state index in [1.54, 1.807) is 24.6 Å². The third-order valence-electron chi connectivity index (χ3n) is 3.98. The summed E-state index contributed by atoms with van der Waals surface area (Å²) >= 11 is 1.59. The first-order valence-corrected chi connectivity index (χ1v) is 8.86. The lowest BCUT2D eigenvalue weighted by molar-refractivity contribution is 0.103. The van der Waals surface area contributed by atoms with Gasteiger partial charge in [-0.1, -0.05) is 13.8 Å². The monoisotopic (exact) mass is 333 g/mol. The molecule has 1 atom stereocenters. The molecule has 1 aliphatic heterocycles. The van der Waals surface area contributed by atoms with Crippen LogP contribution < -0.4 is 5.32 Å². The number of hydrogen-bond acceptors (Lipinski definition) is 5. The van der Waals surface area contributed by atoms with Crippen LogP contribution >= 0.6 is 11.3 Å². The number of thiophene rings is 1. The summed E-state index contributed by atoms with van der Waals surface area (Å²) in [6, 6.07) is 4.47. The van der Waals surface area contributed by atoms with Crippen molar-refractivity contribution in [3.8, 4) is 0 Å². The van der Waals surface area contributed by atoms with Crippen LogP contribution in [0.25, 0.3) is 0 Å². The molecule has 0 unspecified atom stereocenters. The van der Waals surface area contributed by atoms with Crippen molar-refractivity contribution in [2.45, 2.75) is 32.7 Å². The predicted molar refractivity (Wildman–Crippen MR) is 91.7 cm³/mol. The van der Waals surface area contributed by atoms with Crippen LogP contribution in [0.3, 0.4) is 0 Å². The van der Waals surface area contributed by atoms with E-state index in [0.29, 0.717) is 17.8 Å². The molecular formula is C16H23N5OS. The first kappa shape index (κ1) is 16.1. The molecule has 0 spiro atoms. The maximum Gasteiger partial charge on any atom is 0.266 e. The fraction of sp³-hybridized carbons (Fsp3) is 0.562. The van der Waals surface area contributed by atoms with Gasteiger partial charge in [0, 0.05) is 24.5 Å². The molecule has 7 heteroatoms. The molecule has 6 nitrogen and oxygen atoms in total. The molecule has 124 valence electrons. The highest BCUT2D eigenvalue weighted by molar-refractivity contribution is 7.14. The lowest BCUT2D eigenvalue weighted by Gasteiger charge is -2.25. The Hall–Kier alpha value is -1.73. The molecule has 1 N–H and O–H groups in total. The summed E-state index contributed by atoms with van der Waals surface area (Å²) in [6.07, 6.45) is 3.96. The van der Waals surface area contributed by atoms with E-state index < -0.39 is 0 Å². The molecule has 0 radical (unpaired) electrons. The van der Waals surface area contributed by atoms with Crippen LogP contribution in [0.15, 0.2) is 18.3 Å². The van der Waals surface area contributed by atoms with Crippen LogP contribution in [0, 0.1) is 5.92 Å². The summed E-state index contributed by atoms with van der Waals surface area (Å²) in [5.74, 6) is 1.03. The van der Waals surface area contributed by atoms with E-state index in [4.69, 9.17) is 0 Å². The minimum absolute atomic E-state index is 0.116. The Bertz CT molecular complexity index is 678. The summed E-state index contributed by atoms with van der Waals surface area (Å²) in [5, 5.41) is 10.8. The predicted octanol–water partition coefficient (Wildman–Crippen LogP) is 2.92. The second-order valence-electron chi connectivity index (χ2n) is 6.42. The van der Waals surface area contributed by atoms with Gasteiger partial charge in [0.05, 0.1) is 11.1 Å². The Morgan fingerprint density at radius 3 is 3.00 bits per heavy atom. The topological polar surface area (TPSA) is 63.1 Å². The number of likely N-dealkylation sites (tertiary alicyclic amines) is 1. The molecular weight excluding hydrogens is 310 g/mol. The summed E-state index contributed by atoms with van der Waals surface area (Å²) in [6.45, 7) is 6.78. The molecule has 1 amide bonds. The Balaban J connectivity index is 1.68. The SMILES string of the molecule is CC(C)CN1CCC[C@@H]1c1ccc(C(=O)Nc2cnn(C)n2)s1. The van der Waals surface area contributed by atoms with E-state index in [2.05, 4.69) is 40.3 Å². The summed E-state index contributed by atoms with van der Waals surface area (Å²) in [5.41, 5.74) is 0. The lowest BCUT2D eigenvalue weighted by Crippen LogP contribution is -2.26. The normalized spacial score (nSPS) is 18.7. The van der Waals surface area contributed by atoms with Gasteiger partial charge in [-0.15, -0.1) is 16.4 Å². The number of nitrogens with zero attached hydrogens (tertiary/aromatic N) is 4. The average molecular weight is 333 g/mol. The lowest BCUT2D eigenvalue weighted by atomic mass is 10.1. The van der Waals surface area contributed by atoms with Crippen LogP contribution in [0.1, 0.15) is 47.3 Å². The van der Waals surface area contributed by atoms with Gasteiger partial charge in [0.2, 0.25) is 0 Å². The zero-order valence-corrected chi connectivity index (χ0v) is 14.6. The summed E-state index contributed by atoms with van der Waals surface area (Å²) < 4.78 is 0. The van der Waals surface area contributed by atoms with Gasteiger partial charge in [0.1, 0.15) is 0 Å². The number of amides is 1. The second-order valence-corrected chi connectivity index (χ2v) is 7.54. The van der Waals surface area contributed by atoms with E-state index >= 15 is 0 Å². The molecule has 1 fully saturated rings. The first-order chi connectivity index (χ1) is 11.0. The van der Waals surface area contributed by atoms with Crippen molar-refractivity contribution in [3.05, 3.63) is 28.1 Å². The molecule has 2 aromatic heterocycles. The fourth-order valence-electron chi connectivity index (χ4n) is 3.07. The zero-order valence-electron chi connectivity index (χ0n) is 13.8. The molecule has 3 heterocycles. The van der Waals surface area contributed by atoms with Crippen LogP contribution in [-0.4, -0.2) is 38.9 Å². The van der Waals surface area contributed by atoms with E-state index in [9.17, 15) is 4.79 Å². The third kappa shape index (κ3) is 3.79. The van der Waals surface area contributed by atoms with Crippen molar-refractivity contribution in [1.82, 2.24) is 19.9 Å². The van der Waals surface area contributed by atoms with Crippen LogP contribution in [0.2, 0.25) is 0 Å². The first-order valence-electron chi connectivity index (χ1n) is 8.04. The van der Waals surface area contributed by atoms with Gasteiger partial charge in [-0.2, -0.15) is 9.90 Å². The van der Waals surface area contributed by atoms with E-state index in [1.807, 2.05) is 6.07 Å².